The van der Waals surface area contributed by atoms with Gasteiger partial charge in [-0.1, -0.05) is 11.6 Å². The standard InChI is InChI=1S/C20H19ClN2O3/c1-25-14-7-12(8-15(10-14)26-2)20(24)23-6-5-19-17(11-23)16-9-13(21)3-4-18(16)22-19/h3-4,7-10,22H,5-6,11H2,1-2H3. The molecule has 0 atom stereocenters. The first-order valence-corrected chi connectivity index (χ1v) is 8.78. The van der Waals surface area contributed by atoms with Crippen LogP contribution in [0.4, 0.5) is 0 Å². The number of hydrogen-bond donors (Lipinski definition) is 1. The number of nitrogens with zero attached hydrogens (tertiary/aromatic N) is 1. The van der Waals surface area contributed by atoms with E-state index in [4.69, 9.17) is 21.1 Å². The first kappa shape index (κ1) is 16.8. The van der Waals surface area contributed by atoms with Crippen molar-refractivity contribution in [2.24, 2.45) is 0 Å². The van der Waals surface area contributed by atoms with Gasteiger partial charge >= 0.3 is 0 Å². The third kappa shape index (κ3) is 2.88. The minimum Gasteiger partial charge on any atom is -0.497 e. The maximum Gasteiger partial charge on any atom is 0.254 e. The number of amides is 1. The van der Waals surface area contributed by atoms with Crippen molar-refractivity contribution in [1.29, 1.82) is 0 Å². The lowest BCUT2D eigenvalue weighted by molar-refractivity contribution is 0.0734. The van der Waals surface area contributed by atoms with Gasteiger partial charge in [-0.2, -0.15) is 0 Å². The number of halogens is 1. The molecule has 0 saturated carbocycles. The highest BCUT2D eigenvalue weighted by Gasteiger charge is 2.25. The van der Waals surface area contributed by atoms with Gasteiger partial charge in [0, 0.05) is 58.3 Å². The molecule has 1 amide bonds. The smallest absolute Gasteiger partial charge is 0.254 e. The van der Waals surface area contributed by atoms with Gasteiger partial charge in [0.15, 0.2) is 0 Å². The number of aromatic amines is 1. The summed E-state index contributed by atoms with van der Waals surface area (Å²) in [4.78, 5) is 18.3. The van der Waals surface area contributed by atoms with E-state index in [9.17, 15) is 4.79 Å². The van der Waals surface area contributed by atoms with Gasteiger partial charge < -0.3 is 19.4 Å². The van der Waals surface area contributed by atoms with Gasteiger partial charge in [0.2, 0.25) is 0 Å². The Hall–Kier alpha value is -2.66. The summed E-state index contributed by atoms with van der Waals surface area (Å²) in [5, 5.41) is 1.77. The van der Waals surface area contributed by atoms with Crippen molar-refractivity contribution in [3.05, 3.63) is 58.2 Å². The molecule has 1 aromatic heterocycles. The third-order valence-corrected chi connectivity index (χ3v) is 5.06. The molecule has 26 heavy (non-hydrogen) atoms. The van der Waals surface area contributed by atoms with Crippen LogP contribution in [0.5, 0.6) is 11.5 Å². The minimum absolute atomic E-state index is 0.0378. The molecule has 0 radical (unpaired) electrons. The van der Waals surface area contributed by atoms with Crippen LogP contribution < -0.4 is 9.47 Å². The van der Waals surface area contributed by atoms with Gasteiger partial charge in [-0.25, -0.2) is 0 Å². The van der Waals surface area contributed by atoms with Gasteiger partial charge in [-0.15, -0.1) is 0 Å². The highest BCUT2D eigenvalue weighted by Crippen LogP contribution is 2.31. The van der Waals surface area contributed by atoms with E-state index in [0.717, 1.165) is 22.9 Å². The lowest BCUT2D eigenvalue weighted by Gasteiger charge is -2.27. The first-order valence-electron chi connectivity index (χ1n) is 8.40. The Morgan fingerprint density at radius 3 is 2.54 bits per heavy atom. The van der Waals surface area contributed by atoms with Crippen molar-refractivity contribution in [2.45, 2.75) is 13.0 Å². The molecule has 3 aromatic rings. The zero-order valence-electron chi connectivity index (χ0n) is 14.6. The van der Waals surface area contributed by atoms with Crippen LogP contribution in [0.25, 0.3) is 10.9 Å². The van der Waals surface area contributed by atoms with Crippen LogP contribution in [0.2, 0.25) is 5.02 Å². The molecule has 0 fully saturated rings. The SMILES string of the molecule is COc1cc(OC)cc(C(=O)N2CCc3[nH]c4ccc(Cl)cc4c3C2)c1. The van der Waals surface area contributed by atoms with Crippen LogP contribution in [0.3, 0.4) is 0 Å². The summed E-state index contributed by atoms with van der Waals surface area (Å²) < 4.78 is 10.6. The molecule has 1 aliphatic heterocycles. The van der Waals surface area contributed by atoms with E-state index in [2.05, 4.69) is 4.98 Å². The van der Waals surface area contributed by atoms with Crippen LogP contribution >= 0.6 is 11.6 Å². The second-order valence-electron chi connectivity index (χ2n) is 6.35. The fourth-order valence-corrected chi connectivity index (χ4v) is 3.65. The molecule has 1 N–H and O–H groups in total. The van der Waals surface area contributed by atoms with Crippen molar-refractivity contribution in [3.8, 4) is 11.5 Å². The second kappa shape index (κ2) is 6.57. The summed E-state index contributed by atoms with van der Waals surface area (Å²) >= 11 is 6.16. The van der Waals surface area contributed by atoms with E-state index in [0.29, 0.717) is 35.2 Å². The van der Waals surface area contributed by atoms with Crippen LogP contribution in [0.15, 0.2) is 36.4 Å². The topological polar surface area (TPSA) is 54.6 Å². The number of carbonyl (C=O) groups is 1. The fraction of sp³-hybridized carbons (Fsp3) is 0.250. The average molecular weight is 371 g/mol. The van der Waals surface area contributed by atoms with Crippen molar-refractivity contribution < 1.29 is 14.3 Å². The zero-order chi connectivity index (χ0) is 18.3. The molecule has 4 rings (SSSR count). The number of benzene rings is 2. The summed E-state index contributed by atoms with van der Waals surface area (Å²) in [6.45, 7) is 1.21. The number of ether oxygens (including phenoxy) is 2. The van der Waals surface area contributed by atoms with Gasteiger partial charge in [0.05, 0.1) is 14.2 Å². The van der Waals surface area contributed by atoms with Gasteiger partial charge in [-0.3, -0.25) is 4.79 Å². The van der Waals surface area contributed by atoms with E-state index < -0.39 is 0 Å². The largest absolute Gasteiger partial charge is 0.497 e. The summed E-state index contributed by atoms with van der Waals surface area (Å²) in [6.07, 6.45) is 0.786. The molecular weight excluding hydrogens is 352 g/mol. The summed E-state index contributed by atoms with van der Waals surface area (Å²) in [5.74, 6) is 1.16. The fourth-order valence-electron chi connectivity index (χ4n) is 3.47. The molecule has 2 heterocycles. The van der Waals surface area contributed by atoms with E-state index in [1.807, 2.05) is 23.1 Å². The maximum atomic E-state index is 13.0. The van der Waals surface area contributed by atoms with E-state index in [1.54, 1.807) is 32.4 Å². The van der Waals surface area contributed by atoms with E-state index >= 15 is 0 Å². The molecule has 0 bridgehead atoms. The van der Waals surface area contributed by atoms with Crippen molar-refractivity contribution in [1.82, 2.24) is 9.88 Å². The molecule has 134 valence electrons. The zero-order valence-corrected chi connectivity index (χ0v) is 15.4. The Morgan fingerprint density at radius 2 is 1.85 bits per heavy atom. The monoisotopic (exact) mass is 370 g/mol. The summed E-state index contributed by atoms with van der Waals surface area (Å²) in [5.41, 5.74) is 3.92. The first-order chi connectivity index (χ1) is 12.6. The molecule has 2 aromatic carbocycles. The van der Waals surface area contributed by atoms with Crippen LogP contribution in [0.1, 0.15) is 21.6 Å². The minimum atomic E-state index is -0.0378. The quantitative estimate of drug-likeness (QED) is 0.757. The lowest BCUT2D eigenvalue weighted by atomic mass is 10.0. The Labute approximate surface area is 156 Å². The molecule has 0 saturated heterocycles. The molecular formula is C20H19ClN2O3. The number of aromatic nitrogens is 1. The van der Waals surface area contributed by atoms with Gasteiger partial charge in [0.25, 0.3) is 5.91 Å². The lowest BCUT2D eigenvalue weighted by Crippen LogP contribution is -2.35. The maximum absolute atomic E-state index is 13.0. The number of H-pyrrole nitrogens is 1. The number of rotatable bonds is 3. The van der Waals surface area contributed by atoms with Crippen LogP contribution in [-0.2, 0) is 13.0 Å². The Bertz CT molecular complexity index is 974. The number of carbonyl (C=O) groups excluding carboxylic acids is 1. The highest BCUT2D eigenvalue weighted by atomic mass is 35.5. The molecule has 0 unspecified atom stereocenters. The van der Waals surface area contributed by atoms with Crippen LogP contribution in [0, 0.1) is 0 Å². The van der Waals surface area contributed by atoms with Crippen molar-refractivity contribution in [2.75, 3.05) is 20.8 Å². The number of fused-ring (bicyclic) bond motifs is 3. The molecule has 5 nitrogen and oxygen atoms in total. The van der Waals surface area contributed by atoms with Crippen molar-refractivity contribution >= 4 is 28.4 Å². The number of nitrogens with one attached hydrogen (secondary N) is 1. The Morgan fingerprint density at radius 1 is 1.12 bits per heavy atom. The average Bonchev–Trinajstić information content (AvgIpc) is 3.04. The Kier molecular flexibility index (Phi) is 4.24. The highest BCUT2D eigenvalue weighted by molar-refractivity contribution is 6.31. The predicted octanol–water partition coefficient (Wildman–Crippen LogP) is 4.04. The molecule has 0 aliphatic carbocycles. The van der Waals surface area contributed by atoms with Gasteiger partial charge in [0.1, 0.15) is 11.5 Å². The third-order valence-electron chi connectivity index (χ3n) is 4.82. The number of methoxy groups -OCH3 is 2. The molecule has 1 aliphatic rings. The molecule has 6 heteroatoms. The normalized spacial score (nSPS) is 13.6. The second-order valence-corrected chi connectivity index (χ2v) is 6.79. The Balaban J connectivity index is 1.67. The van der Waals surface area contributed by atoms with E-state index in [-0.39, 0.29) is 5.91 Å². The summed E-state index contributed by atoms with van der Waals surface area (Å²) in [7, 11) is 3.15. The van der Waals surface area contributed by atoms with Crippen LogP contribution in [-0.4, -0.2) is 36.6 Å². The number of hydrogen-bond acceptors (Lipinski definition) is 3. The summed E-state index contributed by atoms with van der Waals surface area (Å²) in [6, 6.07) is 11.0. The molecule has 0 spiro atoms. The van der Waals surface area contributed by atoms with Gasteiger partial charge in [-0.05, 0) is 30.3 Å². The van der Waals surface area contributed by atoms with E-state index in [1.165, 1.54) is 5.69 Å². The van der Waals surface area contributed by atoms with Crippen molar-refractivity contribution in [3.63, 3.8) is 0 Å². The predicted molar refractivity (Wildman–Crippen MR) is 101 cm³/mol.